The van der Waals surface area contributed by atoms with Gasteiger partial charge in [0.15, 0.2) is 0 Å². The summed E-state index contributed by atoms with van der Waals surface area (Å²) in [6.45, 7) is 2.36. The fourth-order valence-corrected chi connectivity index (χ4v) is 4.34. The Morgan fingerprint density at radius 1 is 1.29 bits per heavy atom. The molecule has 0 saturated carbocycles. The normalized spacial score (nSPS) is 32.0. The summed E-state index contributed by atoms with van der Waals surface area (Å²) < 4.78 is 5.02. The lowest BCUT2D eigenvalue weighted by atomic mass is 9.76. The molecular formula is C16H20N2O3. The van der Waals surface area contributed by atoms with Crippen molar-refractivity contribution in [3.05, 3.63) is 24.2 Å². The third-order valence-corrected chi connectivity index (χ3v) is 5.24. The third-order valence-electron chi connectivity index (χ3n) is 5.24. The van der Waals surface area contributed by atoms with Crippen LogP contribution in [0, 0.1) is 11.8 Å². The molecule has 5 nitrogen and oxygen atoms in total. The SMILES string of the molecule is O=C(c1ccoc1)N1CC2CC(C1)C1CCCC(=O)N1C2. The number of nitrogens with zero attached hydrogens (tertiary/aromatic N) is 2. The van der Waals surface area contributed by atoms with Crippen LogP contribution in [0.4, 0.5) is 0 Å². The number of amides is 2. The molecule has 2 amide bonds. The zero-order valence-corrected chi connectivity index (χ0v) is 12.0. The summed E-state index contributed by atoms with van der Waals surface area (Å²) in [6, 6.07) is 2.07. The van der Waals surface area contributed by atoms with E-state index in [0.717, 1.165) is 38.9 Å². The summed E-state index contributed by atoms with van der Waals surface area (Å²) in [6.07, 6.45) is 7.01. The van der Waals surface area contributed by atoms with E-state index in [9.17, 15) is 9.59 Å². The number of hydrogen-bond donors (Lipinski definition) is 0. The first-order valence-corrected chi connectivity index (χ1v) is 7.83. The summed E-state index contributed by atoms with van der Waals surface area (Å²) in [4.78, 5) is 28.7. The Labute approximate surface area is 123 Å². The molecule has 5 heteroatoms. The first-order valence-electron chi connectivity index (χ1n) is 7.83. The summed E-state index contributed by atoms with van der Waals surface area (Å²) in [5, 5.41) is 0. The molecule has 3 saturated heterocycles. The van der Waals surface area contributed by atoms with Gasteiger partial charge >= 0.3 is 0 Å². The van der Waals surface area contributed by atoms with Crippen LogP contribution in [0.5, 0.6) is 0 Å². The standard InChI is InChI=1S/C16H20N2O3/c19-15-3-1-2-14-13-6-11(8-18(14)15)7-17(9-13)16(20)12-4-5-21-10-12/h4-5,10-11,13-14H,1-3,6-9H2. The van der Waals surface area contributed by atoms with E-state index in [0.29, 0.717) is 35.8 Å². The average molecular weight is 288 g/mol. The highest BCUT2D eigenvalue weighted by Crippen LogP contribution is 2.38. The van der Waals surface area contributed by atoms with Crippen molar-refractivity contribution in [1.29, 1.82) is 0 Å². The maximum Gasteiger partial charge on any atom is 0.257 e. The molecular weight excluding hydrogens is 268 g/mol. The lowest BCUT2D eigenvalue weighted by molar-refractivity contribution is -0.144. The number of likely N-dealkylation sites (tertiary alicyclic amines) is 1. The molecule has 3 aliphatic heterocycles. The smallest absolute Gasteiger partial charge is 0.257 e. The van der Waals surface area contributed by atoms with E-state index >= 15 is 0 Å². The highest BCUT2D eigenvalue weighted by molar-refractivity contribution is 5.94. The van der Waals surface area contributed by atoms with Gasteiger partial charge in [-0.25, -0.2) is 0 Å². The molecule has 0 N–H and O–H groups in total. The molecule has 1 aromatic heterocycles. The topological polar surface area (TPSA) is 53.8 Å². The highest BCUT2D eigenvalue weighted by Gasteiger charge is 2.44. The molecule has 0 radical (unpaired) electrons. The quantitative estimate of drug-likeness (QED) is 0.791. The van der Waals surface area contributed by atoms with Crippen LogP contribution in [0.1, 0.15) is 36.0 Å². The largest absolute Gasteiger partial charge is 0.472 e. The molecule has 4 rings (SSSR count). The second-order valence-corrected chi connectivity index (χ2v) is 6.59. The van der Waals surface area contributed by atoms with Gasteiger partial charge in [0.2, 0.25) is 5.91 Å². The molecule has 3 atom stereocenters. The van der Waals surface area contributed by atoms with E-state index in [2.05, 4.69) is 4.90 Å². The van der Waals surface area contributed by atoms with E-state index in [-0.39, 0.29) is 5.91 Å². The van der Waals surface area contributed by atoms with Crippen LogP contribution in [0.15, 0.2) is 23.0 Å². The predicted molar refractivity (Wildman–Crippen MR) is 75.6 cm³/mol. The lowest BCUT2D eigenvalue weighted by Gasteiger charge is -2.52. The van der Waals surface area contributed by atoms with E-state index in [1.807, 2.05) is 4.90 Å². The van der Waals surface area contributed by atoms with Crippen molar-refractivity contribution in [2.45, 2.75) is 31.7 Å². The summed E-state index contributed by atoms with van der Waals surface area (Å²) in [7, 11) is 0. The number of hydrogen-bond acceptors (Lipinski definition) is 3. The van der Waals surface area contributed by atoms with Crippen molar-refractivity contribution in [2.24, 2.45) is 11.8 Å². The fraction of sp³-hybridized carbons (Fsp3) is 0.625. The highest BCUT2D eigenvalue weighted by atomic mass is 16.3. The minimum atomic E-state index is 0.0639. The number of rotatable bonds is 1. The number of furan rings is 1. The molecule has 21 heavy (non-hydrogen) atoms. The third kappa shape index (κ3) is 2.15. The van der Waals surface area contributed by atoms with Gasteiger partial charge in [-0.2, -0.15) is 0 Å². The zero-order valence-electron chi connectivity index (χ0n) is 12.0. The van der Waals surface area contributed by atoms with Crippen LogP contribution in [0.2, 0.25) is 0 Å². The van der Waals surface area contributed by atoms with E-state index < -0.39 is 0 Å². The van der Waals surface area contributed by atoms with Crippen LogP contribution >= 0.6 is 0 Å². The minimum Gasteiger partial charge on any atom is -0.472 e. The number of carbonyl (C=O) groups excluding carboxylic acids is 2. The Morgan fingerprint density at radius 2 is 2.19 bits per heavy atom. The van der Waals surface area contributed by atoms with Gasteiger partial charge in [0, 0.05) is 32.1 Å². The lowest BCUT2D eigenvalue weighted by Crippen LogP contribution is -2.61. The molecule has 4 heterocycles. The monoisotopic (exact) mass is 288 g/mol. The van der Waals surface area contributed by atoms with Crippen molar-refractivity contribution in [3.8, 4) is 0 Å². The second kappa shape index (κ2) is 4.90. The summed E-state index contributed by atoms with van der Waals surface area (Å²) in [5.41, 5.74) is 0.631. The second-order valence-electron chi connectivity index (χ2n) is 6.59. The Bertz CT molecular complexity index is 554. The molecule has 0 spiro atoms. The summed E-state index contributed by atoms with van der Waals surface area (Å²) >= 11 is 0. The van der Waals surface area contributed by atoms with Gasteiger partial charge in [0.05, 0.1) is 11.8 Å². The maximum atomic E-state index is 12.5. The van der Waals surface area contributed by atoms with Gasteiger partial charge in [-0.15, -0.1) is 0 Å². The van der Waals surface area contributed by atoms with E-state index in [1.165, 1.54) is 6.26 Å². The van der Waals surface area contributed by atoms with Crippen molar-refractivity contribution < 1.29 is 14.0 Å². The molecule has 3 unspecified atom stereocenters. The van der Waals surface area contributed by atoms with Crippen molar-refractivity contribution in [1.82, 2.24) is 9.80 Å². The van der Waals surface area contributed by atoms with Gasteiger partial charge < -0.3 is 14.2 Å². The van der Waals surface area contributed by atoms with Crippen LogP contribution in [0.3, 0.4) is 0 Å². The van der Waals surface area contributed by atoms with Crippen LogP contribution in [0.25, 0.3) is 0 Å². The minimum absolute atomic E-state index is 0.0639. The van der Waals surface area contributed by atoms with Crippen LogP contribution in [-0.4, -0.2) is 47.3 Å². The van der Waals surface area contributed by atoms with Crippen molar-refractivity contribution >= 4 is 11.8 Å². The summed E-state index contributed by atoms with van der Waals surface area (Å²) in [5.74, 6) is 1.25. The van der Waals surface area contributed by atoms with Gasteiger partial charge in [0.25, 0.3) is 5.91 Å². The van der Waals surface area contributed by atoms with Crippen LogP contribution in [-0.2, 0) is 4.79 Å². The van der Waals surface area contributed by atoms with Crippen molar-refractivity contribution in [3.63, 3.8) is 0 Å². The van der Waals surface area contributed by atoms with Gasteiger partial charge in [-0.3, -0.25) is 9.59 Å². The first-order chi connectivity index (χ1) is 10.2. The number of carbonyl (C=O) groups is 2. The molecule has 3 fully saturated rings. The Hall–Kier alpha value is -1.78. The fourth-order valence-electron chi connectivity index (χ4n) is 4.34. The zero-order chi connectivity index (χ0) is 14.4. The van der Waals surface area contributed by atoms with Gasteiger partial charge in [-0.1, -0.05) is 0 Å². The van der Waals surface area contributed by atoms with E-state index in [1.54, 1.807) is 12.3 Å². The molecule has 0 aliphatic carbocycles. The van der Waals surface area contributed by atoms with Crippen LogP contribution < -0.4 is 0 Å². The maximum absolute atomic E-state index is 12.5. The Kier molecular flexibility index (Phi) is 3.01. The van der Waals surface area contributed by atoms with E-state index in [4.69, 9.17) is 4.42 Å². The number of fused-ring (bicyclic) bond motifs is 4. The Morgan fingerprint density at radius 3 is 3.00 bits per heavy atom. The predicted octanol–water partition coefficient (Wildman–Crippen LogP) is 1.75. The molecule has 0 aromatic carbocycles. The molecule has 1 aromatic rings. The van der Waals surface area contributed by atoms with Crippen molar-refractivity contribution in [2.75, 3.05) is 19.6 Å². The van der Waals surface area contributed by atoms with Gasteiger partial charge in [-0.05, 0) is 37.2 Å². The Balaban J connectivity index is 1.53. The van der Waals surface area contributed by atoms with Gasteiger partial charge in [0.1, 0.15) is 6.26 Å². The first kappa shape index (κ1) is 12.9. The number of piperidine rings is 3. The molecule has 2 bridgehead atoms. The average Bonchev–Trinajstić information content (AvgIpc) is 3.02. The molecule has 3 aliphatic rings. The molecule has 112 valence electrons.